The number of nitrogens with zero attached hydrogens (tertiary/aromatic N) is 2. The average molecular weight is 320 g/mol. The maximum absolute atomic E-state index is 13.2. The number of carbonyl (C=O) groups excluding carboxylic acids is 1. The highest BCUT2D eigenvalue weighted by atomic mass is 16.1. The summed E-state index contributed by atoms with van der Waals surface area (Å²) in [4.78, 5) is 18.7. The van der Waals surface area contributed by atoms with E-state index in [2.05, 4.69) is 26.1 Å². The molecule has 1 aromatic carbocycles. The molecule has 24 heavy (non-hydrogen) atoms. The maximum Gasteiger partial charge on any atom is 0.213 e. The molecule has 2 N–H and O–H groups in total. The van der Waals surface area contributed by atoms with Gasteiger partial charge in [0.05, 0.1) is 5.56 Å². The second kappa shape index (κ2) is 6.35. The van der Waals surface area contributed by atoms with Gasteiger partial charge in [-0.25, -0.2) is 0 Å². The number of H-pyrrole nitrogens is 2. The molecule has 0 saturated carbocycles. The third kappa shape index (κ3) is 2.62. The van der Waals surface area contributed by atoms with Crippen LogP contribution < -0.4 is 4.90 Å². The number of piperidine rings is 1. The molecule has 122 valence electrons. The Labute approximate surface area is 140 Å². The standard InChI is InChI=1S/C19H20N4O/c24-19(16-9-11-21-22-16)18-14(15-7-5-10-20-15)6-4-8-17(18)23-12-2-1-3-13-23/h4-11,20H,1-3,12-13H2,(H,21,22). The van der Waals surface area contributed by atoms with Crippen LogP contribution in [0.2, 0.25) is 0 Å². The molecule has 3 heterocycles. The summed E-state index contributed by atoms with van der Waals surface area (Å²) in [5, 5.41) is 6.75. The van der Waals surface area contributed by atoms with Gasteiger partial charge in [0.15, 0.2) is 0 Å². The molecule has 0 amide bonds. The highest BCUT2D eigenvalue weighted by molar-refractivity contribution is 6.15. The summed E-state index contributed by atoms with van der Waals surface area (Å²) >= 11 is 0. The van der Waals surface area contributed by atoms with Crippen LogP contribution in [0.4, 0.5) is 5.69 Å². The van der Waals surface area contributed by atoms with Crippen molar-refractivity contribution in [2.45, 2.75) is 19.3 Å². The molecule has 5 nitrogen and oxygen atoms in total. The van der Waals surface area contributed by atoms with E-state index >= 15 is 0 Å². The average Bonchev–Trinajstić information content (AvgIpc) is 3.35. The Kier molecular flexibility index (Phi) is 3.91. The summed E-state index contributed by atoms with van der Waals surface area (Å²) in [7, 11) is 0. The van der Waals surface area contributed by atoms with E-state index in [1.807, 2.05) is 30.5 Å². The minimum absolute atomic E-state index is 0.0155. The largest absolute Gasteiger partial charge is 0.371 e. The van der Waals surface area contributed by atoms with E-state index in [0.717, 1.165) is 35.6 Å². The lowest BCUT2D eigenvalue weighted by Gasteiger charge is -2.31. The van der Waals surface area contributed by atoms with Crippen LogP contribution in [0.5, 0.6) is 0 Å². The van der Waals surface area contributed by atoms with Gasteiger partial charge in [-0.2, -0.15) is 5.10 Å². The molecule has 1 aliphatic heterocycles. The van der Waals surface area contributed by atoms with Gasteiger partial charge in [-0.15, -0.1) is 0 Å². The van der Waals surface area contributed by atoms with E-state index in [9.17, 15) is 4.79 Å². The number of ketones is 1. The molecule has 1 saturated heterocycles. The van der Waals surface area contributed by atoms with Gasteiger partial charge < -0.3 is 9.88 Å². The van der Waals surface area contributed by atoms with E-state index in [-0.39, 0.29) is 5.78 Å². The smallest absolute Gasteiger partial charge is 0.213 e. The minimum Gasteiger partial charge on any atom is -0.371 e. The molecule has 4 rings (SSSR count). The highest BCUT2D eigenvalue weighted by Crippen LogP contribution is 2.33. The summed E-state index contributed by atoms with van der Waals surface area (Å²) in [5.41, 5.74) is 4.17. The van der Waals surface area contributed by atoms with Gasteiger partial charge in [0.1, 0.15) is 5.69 Å². The predicted molar refractivity (Wildman–Crippen MR) is 94.3 cm³/mol. The Morgan fingerprint density at radius 3 is 2.62 bits per heavy atom. The van der Waals surface area contributed by atoms with Gasteiger partial charge in [-0.1, -0.05) is 12.1 Å². The number of hydrogen-bond donors (Lipinski definition) is 2. The van der Waals surface area contributed by atoms with Crippen LogP contribution in [0.25, 0.3) is 11.3 Å². The van der Waals surface area contributed by atoms with Crippen LogP contribution in [0.1, 0.15) is 35.3 Å². The Hall–Kier alpha value is -2.82. The van der Waals surface area contributed by atoms with E-state index in [1.165, 1.54) is 19.3 Å². The number of anilines is 1. The molecule has 0 spiro atoms. The third-order valence-corrected chi connectivity index (χ3v) is 4.60. The molecular weight excluding hydrogens is 300 g/mol. The third-order valence-electron chi connectivity index (χ3n) is 4.60. The van der Waals surface area contributed by atoms with Crippen molar-refractivity contribution in [2.75, 3.05) is 18.0 Å². The molecule has 1 fully saturated rings. The normalized spacial score (nSPS) is 14.8. The van der Waals surface area contributed by atoms with Gasteiger partial charge in [0.2, 0.25) is 5.78 Å². The molecule has 0 radical (unpaired) electrons. The monoisotopic (exact) mass is 320 g/mol. The summed E-state index contributed by atoms with van der Waals surface area (Å²) in [6.45, 7) is 1.99. The Morgan fingerprint density at radius 2 is 1.92 bits per heavy atom. The van der Waals surface area contributed by atoms with Gasteiger partial charge in [-0.05, 0) is 43.5 Å². The summed E-state index contributed by atoms with van der Waals surface area (Å²) in [5.74, 6) is -0.0155. The second-order valence-corrected chi connectivity index (χ2v) is 6.13. The summed E-state index contributed by atoms with van der Waals surface area (Å²) in [6, 6.07) is 11.8. The lowest BCUT2D eigenvalue weighted by molar-refractivity contribution is 0.103. The number of aromatic nitrogens is 3. The Balaban J connectivity index is 1.87. The number of aromatic amines is 2. The van der Waals surface area contributed by atoms with Gasteiger partial charge in [0, 0.05) is 42.4 Å². The maximum atomic E-state index is 13.2. The van der Waals surface area contributed by atoms with Crippen molar-refractivity contribution < 1.29 is 4.79 Å². The quantitative estimate of drug-likeness (QED) is 0.722. The van der Waals surface area contributed by atoms with Crippen molar-refractivity contribution in [3.63, 3.8) is 0 Å². The SMILES string of the molecule is O=C(c1ccn[nH]1)c1c(-c2ccc[nH]2)cccc1N1CCCCC1. The molecule has 0 atom stereocenters. The van der Waals surface area contributed by atoms with E-state index in [0.29, 0.717) is 5.69 Å². The van der Waals surface area contributed by atoms with Crippen molar-refractivity contribution in [3.8, 4) is 11.3 Å². The fourth-order valence-corrected chi connectivity index (χ4v) is 3.42. The highest BCUT2D eigenvalue weighted by Gasteiger charge is 2.24. The van der Waals surface area contributed by atoms with Crippen molar-refractivity contribution in [1.29, 1.82) is 0 Å². The molecule has 3 aromatic rings. The van der Waals surface area contributed by atoms with Crippen LogP contribution >= 0.6 is 0 Å². The molecule has 0 unspecified atom stereocenters. The number of hydrogen-bond acceptors (Lipinski definition) is 3. The van der Waals surface area contributed by atoms with Crippen LogP contribution in [0, 0.1) is 0 Å². The lowest BCUT2D eigenvalue weighted by Crippen LogP contribution is -2.31. The zero-order chi connectivity index (χ0) is 16.4. The first-order valence-corrected chi connectivity index (χ1v) is 8.40. The van der Waals surface area contributed by atoms with Crippen LogP contribution in [0.15, 0.2) is 48.8 Å². The molecule has 0 aliphatic carbocycles. The Bertz CT molecular complexity index is 815. The van der Waals surface area contributed by atoms with E-state index < -0.39 is 0 Å². The van der Waals surface area contributed by atoms with Crippen LogP contribution in [-0.2, 0) is 0 Å². The first-order chi connectivity index (χ1) is 11.8. The number of rotatable bonds is 4. The number of benzene rings is 1. The zero-order valence-electron chi connectivity index (χ0n) is 13.5. The molecule has 0 bridgehead atoms. The van der Waals surface area contributed by atoms with Gasteiger partial charge in [0.25, 0.3) is 0 Å². The van der Waals surface area contributed by atoms with Gasteiger partial charge >= 0.3 is 0 Å². The van der Waals surface area contributed by atoms with Crippen LogP contribution in [0.3, 0.4) is 0 Å². The molecular formula is C19H20N4O. The van der Waals surface area contributed by atoms with Crippen molar-refractivity contribution in [1.82, 2.24) is 15.2 Å². The lowest BCUT2D eigenvalue weighted by atomic mass is 9.95. The van der Waals surface area contributed by atoms with Crippen LogP contribution in [-0.4, -0.2) is 34.1 Å². The number of nitrogens with one attached hydrogen (secondary N) is 2. The summed E-state index contributed by atoms with van der Waals surface area (Å²) in [6.07, 6.45) is 7.10. The first-order valence-electron chi connectivity index (χ1n) is 8.40. The van der Waals surface area contributed by atoms with Crippen molar-refractivity contribution in [3.05, 3.63) is 60.0 Å². The van der Waals surface area contributed by atoms with Crippen molar-refractivity contribution in [2.24, 2.45) is 0 Å². The Morgan fingerprint density at radius 1 is 1.04 bits per heavy atom. The molecule has 5 heteroatoms. The summed E-state index contributed by atoms with van der Waals surface area (Å²) < 4.78 is 0. The fraction of sp³-hybridized carbons (Fsp3) is 0.263. The van der Waals surface area contributed by atoms with Crippen molar-refractivity contribution >= 4 is 11.5 Å². The number of carbonyl (C=O) groups is 1. The topological polar surface area (TPSA) is 64.8 Å². The first kappa shape index (κ1) is 14.8. The predicted octanol–water partition coefficient (Wildman–Crippen LogP) is 3.63. The van der Waals surface area contributed by atoms with Gasteiger partial charge in [-0.3, -0.25) is 9.89 Å². The minimum atomic E-state index is -0.0155. The molecule has 2 aromatic heterocycles. The van der Waals surface area contributed by atoms with E-state index in [4.69, 9.17) is 0 Å². The molecule has 1 aliphatic rings. The fourth-order valence-electron chi connectivity index (χ4n) is 3.42. The second-order valence-electron chi connectivity index (χ2n) is 6.13. The zero-order valence-corrected chi connectivity index (χ0v) is 13.5. The van der Waals surface area contributed by atoms with E-state index in [1.54, 1.807) is 12.3 Å².